The lowest BCUT2D eigenvalue weighted by Gasteiger charge is -2.03. The molecule has 0 saturated heterocycles. The molecule has 1 aromatic rings. The normalized spacial score (nSPS) is 12.5. The molecular weight excluding hydrogens is 191 g/mol. The molecule has 1 rings (SSSR count). The van der Waals surface area contributed by atoms with E-state index in [9.17, 15) is 8.42 Å². The van der Waals surface area contributed by atoms with Gasteiger partial charge in [0.1, 0.15) is 0 Å². The molecule has 0 aliphatic heterocycles. The van der Waals surface area contributed by atoms with Crippen LogP contribution in [0.5, 0.6) is 0 Å². The highest BCUT2D eigenvalue weighted by Crippen LogP contribution is 2.13. The number of benzene rings is 1. The van der Waals surface area contributed by atoms with Gasteiger partial charge in [-0.25, -0.2) is 8.42 Å². The molecule has 1 unspecified atom stereocenters. The van der Waals surface area contributed by atoms with Gasteiger partial charge in [-0.1, -0.05) is 26.8 Å². The maximum atomic E-state index is 11.2. The Balaban J connectivity index is 3.33. The fourth-order valence-corrected chi connectivity index (χ4v) is 3.24. The van der Waals surface area contributed by atoms with Gasteiger partial charge in [-0.05, 0) is 18.0 Å². The molecule has 0 aromatic heterocycles. The van der Waals surface area contributed by atoms with Crippen LogP contribution in [0.25, 0.3) is 0 Å². The van der Waals surface area contributed by atoms with Crippen molar-refractivity contribution in [2.24, 2.45) is 0 Å². The summed E-state index contributed by atoms with van der Waals surface area (Å²) in [7, 11) is -2.52. The van der Waals surface area contributed by atoms with Gasteiger partial charge in [0.15, 0.2) is 9.84 Å². The quantitative estimate of drug-likeness (QED) is 0.671. The molecule has 1 aromatic carbocycles. The van der Waals surface area contributed by atoms with Crippen molar-refractivity contribution in [2.45, 2.75) is 4.90 Å². The molecule has 0 spiro atoms. The molecule has 1 atom stereocenters. The van der Waals surface area contributed by atoms with Gasteiger partial charge in [0.2, 0.25) is 0 Å². The summed E-state index contributed by atoms with van der Waals surface area (Å²) in [5.74, 6) is 0. The van der Waals surface area contributed by atoms with Gasteiger partial charge in [-0.15, -0.1) is 0 Å². The molecule has 0 aliphatic carbocycles. The Labute approximate surface area is 74.7 Å². The van der Waals surface area contributed by atoms with E-state index in [1.54, 1.807) is 12.1 Å². The van der Waals surface area contributed by atoms with Crippen molar-refractivity contribution in [2.75, 3.05) is 12.9 Å². The van der Waals surface area contributed by atoms with E-state index in [1.807, 2.05) is 18.8 Å². The molecule has 0 fully saturated rings. The van der Waals surface area contributed by atoms with Crippen molar-refractivity contribution in [3.63, 3.8) is 0 Å². The highest BCUT2D eigenvalue weighted by atomic mass is 32.2. The third kappa shape index (κ3) is 2.05. The zero-order valence-corrected chi connectivity index (χ0v) is 8.85. The summed E-state index contributed by atoms with van der Waals surface area (Å²) in [4.78, 5) is 0.464. The lowest BCUT2D eigenvalue weighted by atomic mass is 10.4. The first-order valence-electron chi connectivity index (χ1n) is 3.52. The fraction of sp³-hybridized carbons (Fsp3) is 0.250. The maximum Gasteiger partial charge on any atom is 0.176 e. The lowest BCUT2D eigenvalue weighted by molar-refractivity contribution is 0.602. The van der Waals surface area contributed by atoms with Crippen LogP contribution in [0.4, 0.5) is 0 Å². The SMILES string of the molecule is CPc1ccccc1S(C)(=O)=O. The van der Waals surface area contributed by atoms with Crippen molar-refractivity contribution in [1.82, 2.24) is 0 Å². The number of hydrogen-bond acceptors (Lipinski definition) is 2. The Morgan fingerprint density at radius 3 is 2.25 bits per heavy atom. The van der Waals surface area contributed by atoms with Crippen molar-refractivity contribution >= 4 is 23.7 Å². The summed E-state index contributed by atoms with van der Waals surface area (Å²) in [5, 5.41) is 0.917. The smallest absolute Gasteiger partial charge is 0.176 e. The van der Waals surface area contributed by atoms with Crippen LogP contribution in [-0.4, -0.2) is 21.3 Å². The van der Waals surface area contributed by atoms with Gasteiger partial charge in [-0.2, -0.15) is 0 Å². The molecule has 0 heterocycles. The van der Waals surface area contributed by atoms with Gasteiger partial charge in [0, 0.05) is 6.26 Å². The number of sulfone groups is 1. The molecule has 66 valence electrons. The molecule has 4 heteroatoms. The van der Waals surface area contributed by atoms with E-state index in [-0.39, 0.29) is 0 Å². The number of hydrogen-bond donors (Lipinski definition) is 0. The summed E-state index contributed by atoms with van der Waals surface area (Å²) in [6.07, 6.45) is 1.24. The van der Waals surface area contributed by atoms with Gasteiger partial charge >= 0.3 is 0 Å². The van der Waals surface area contributed by atoms with Crippen LogP contribution in [0.15, 0.2) is 29.2 Å². The summed E-state index contributed by atoms with van der Waals surface area (Å²) in [5.41, 5.74) is 0. The van der Waals surface area contributed by atoms with Gasteiger partial charge in [0.25, 0.3) is 0 Å². The van der Waals surface area contributed by atoms with E-state index in [0.717, 1.165) is 5.30 Å². The summed E-state index contributed by atoms with van der Waals surface area (Å²) < 4.78 is 22.4. The molecule has 0 aliphatic rings. The van der Waals surface area contributed by atoms with E-state index in [4.69, 9.17) is 0 Å². The fourth-order valence-electron chi connectivity index (χ4n) is 0.997. The first-order valence-corrected chi connectivity index (χ1v) is 6.91. The second-order valence-corrected chi connectivity index (χ2v) is 5.54. The van der Waals surface area contributed by atoms with Crippen molar-refractivity contribution in [1.29, 1.82) is 0 Å². The second-order valence-electron chi connectivity index (χ2n) is 2.52. The Bertz CT molecular complexity index is 370. The van der Waals surface area contributed by atoms with Crippen LogP contribution in [0, 0.1) is 0 Å². The zero-order chi connectivity index (χ0) is 9.19. The molecule has 12 heavy (non-hydrogen) atoms. The van der Waals surface area contributed by atoms with E-state index in [1.165, 1.54) is 6.26 Å². The van der Waals surface area contributed by atoms with Gasteiger partial charge < -0.3 is 0 Å². The minimum atomic E-state index is -3.04. The Hall–Kier alpha value is -0.400. The molecule has 0 saturated carbocycles. The van der Waals surface area contributed by atoms with Crippen LogP contribution in [0.3, 0.4) is 0 Å². The average molecular weight is 202 g/mol. The minimum absolute atomic E-state index is 0.464. The summed E-state index contributed by atoms with van der Waals surface area (Å²) in [6.45, 7) is 1.98. The highest BCUT2D eigenvalue weighted by Gasteiger charge is 2.10. The first-order chi connectivity index (χ1) is 5.55. The monoisotopic (exact) mass is 202 g/mol. The first kappa shape index (κ1) is 9.69. The highest BCUT2D eigenvalue weighted by molar-refractivity contribution is 7.91. The predicted octanol–water partition coefficient (Wildman–Crippen LogP) is 1.02. The van der Waals surface area contributed by atoms with Crippen LogP contribution < -0.4 is 5.30 Å². The Morgan fingerprint density at radius 2 is 1.83 bits per heavy atom. The van der Waals surface area contributed by atoms with E-state index in [0.29, 0.717) is 13.5 Å². The average Bonchev–Trinajstić information content (AvgIpc) is 2.03. The summed E-state index contributed by atoms with van der Waals surface area (Å²) >= 11 is 0. The topological polar surface area (TPSA) is 34.1 Å². The van der Waals surface area contributed by atoms with Gasteiger partial charge in [0.05, 0.1) is 4.90 Å². The molecule has 0 bridgehead atoms. The van der Waals surface area contributed by atoms with Crippen molar-refractivity contribution in [3.8, 4) is 0 Å². The van der Waals surface area contributed by atoms with Crippen LogP contribution in [0.2, 0.25) is 0 Å². The molecule has 2 nitrogen and oxygen atoms in total. The van der Waals surface area contributed by atoms with Crippen LogP contribution in [-0.2, 0) is 9.84 Å². The lowest BCUT2D eigenvalue weighted by Crippen LogP contribution is -2.09. The van der Waals surface area contributed by atoms with Crippen LogP contribution in [0.1, 0.15) is 0 Å². The molecule has 0 N–H and O–H groups in total. The largest absolute Gasteiger partial charge is 0.224 e. The van der Waals surface area contributed by atoms with Crippen molar-refractivity contribution < 1.29 is 8.42 Å². The Kier molecular flexibility index (Phi) is 2.86. The second kappa shape index (κ2) is 3.55. The third-order valence-electron chi connectivity index (χ3n) is 1.56. The Morgan fingerprint density at radius 1 is 1.25 bits per heavy atom. The summed E-state index contributed by atoms with van der Waals surface area (Å²) in [6, 6.07) is 7.12. The van der Waals surface area contributed by atoms with Crippen LogP contribution >= 0.6 is 8.58 Å². The molecular formula is C8H11O2PS. The van der Waals surface area contributed by atoms with E-state index < -0.39 is 9.84 Å². The molecule has 0 amide bonds. The zero-order valence-electron chi connectivity index (χ0n) is 7.03. The van der Waals surface area contributed by atoms with Crippen molar-refractivity contribution in [3.05, 3.63) is 24.3 Å². The van der Waals surface area contributed by atoms with E-state index in [2.05, 4.69) is 0 Å². The number of rotatable bonds is 2. The maximum absolute atomic E-state index is 11.2. The standard InChI is InChI=1S/C8H11O2PS/c1-11-7-5-3-4-6-8(7)12(2,9)10/h3-6,11H,1-2H3. The molecule has 0 radical (unpaired) electrons. The van der Waals surface area contributed by atoms with E-state index >= 15 is 0 Å². The van der Waals surface area contributed by atoms with Gasteiger partial charge in [-0.3, -0.25) is 0 Å². The predicted molar refractivity (Wildman–Crippen MR) is 53.4 cm³/mol. The minimum Gasteiger partial charge on any atom is -0.224 e. The third-order valence-corrected chi connectivity index (χ3v) is 3.87.